The molecule has 4 rings (SSSR count). The van der Waals surface area contributed by atoms with E-state index in [1.165, 1.54) is 16.2 Å². The average Bonchev–Trinajstić information content (AvgIpc) is 3.30. The molecule has 3 aromatic rings. The van der Waals surface area contributed by atoms with Gasteiger partial charge >= 0.3 is 0 Å². The van der Waals surface area contributed by atoms with Gasteiger partial charge in [0.2, 0.25) is 0 Å². The van der Waals surface area contributed by atoms with Gasteiger partial charge in [-0.05, 0) is 48.7 Å². The first kappa shape index (κ1) is 19.4. The number of rotatable bonds is 6. The molecule has 0 saturated carbocycles. The first-order chi connectivity index (χ1) is 14.1. The van der Waals surface area contributed by atoms with E-state index in [0.717, 1.165) is 9.35 Å². The third-order valence-corrected chi connectivity index (χ3v) is 5.75. The Labute approximate surface area is 180 Å². The van der Waals surface area contributed by atoms with E-state index in [-0.39, 0.29) is 11.6 Å². The summed E-state index contributed by atoms with van der Waals surface area (Å²) < 4.78 is 6.45. The fraction of sp³-hybridized carbons (Fsp3) is 0.0909. The molecule has 7 heteroatoms. The third kappa shape index (κ3) is 3.71. The topological polar surface area (TPSA) is 58.6 Å². The third-order valence-electron chi connectivity index (χ3n) is 4.36. The highest BCUT2D eigenvalue weighted by atomic mass is 79.9. The Morgan fingerprint density at radius 2 is 1.86 bits per heavy atom. The highest BCUT2D eigenvalue weighted by Crippen LogP contribution is 2.37. The van der Waals surface area contributed by atoms with Gasteiger partial charge in [0.15, 0.2) is 0 Å². The lowest BCUT2D eigenvalue weighted by molar-refractivity contribution is -0.120. The number of carbonyl (C=O) groups excluding carboxylic acids is 2. The SMILES string of the molecule is CCOc1ccccc1NC1=C(c2cccs2)C(=O)N(c2cccc(Br)c2)C1=O. The van der Waals surface area contributed by atoms with Crippen LogP contribution >= 0.6 is 27.3 Å². The van der Waals surface area contributed by atoms with Crippen LogP contribution in [0.2, 0.25) is 0 Å². The predicted octanol–water partition coefficient (Wildman–Crippen LogP) is 5.31. The van der Waals surface area contributed by atoms with Crippen molar-refractivity contribution in [3.63, 3.8) is 0 Å². The van der Waals surface area contributed by atoms with E-state index >= 15 is 0 Å². The standard InChI is InChI=1S/C22H17BrN2O3S/c1-2-28-17-10-4-3-9-16(17)24-20-19(18-11-6-12-29-18)21(26)25(22(20)27)15-8-5-7-14(23)13-15/h3-13,24H,2H2,1H3. The number of benzene rings is 2. The normalized spacial score (nSPS) is 13.9. The number of ether oxygens (including phenoxy) is 1. The van der Waals surface area contributed by atoms with Crippen LogP contribution in [0.3, 0.4) is 0 Å². The van der Waals surface area contributed by atoms with Crippen LogP contribution in [0.25, 0.3) is 5.57 Å². The summed E-state index contributed by atoms with van der Waals surface area (Å²) in [5, 5.41) is 5.05. The molecule has 0 saturated heterocycles. The molecule has 0 unspecified atom stereocenters. The van der Waals surface area contributed by atoms with Gasteiger partial charge in [-0.15, -0.1) is 11.3 Å². The first-order valence-corrected chi connectivity index (χ1v) is 10.7. The summed E-state index contributed by atoms with van der Waals surface area (Å²) in [6.45, 7) is 2.39. The van der Waals surface area contributed by atoms with Crippen LogP contribution in [0.1, 0.15) is 11.8 Å². The average molecular weight is 469 g/mol. The van der Waals surface area contributed by atoms with Crippen molar-refractivity contribution in [1.82, 2.24) is 0 Å². The fourth-order valence-corrected chi connectivity index (χ4v) is 4.29. The van der Waals surface area contributed by atoms with Crippen LogP contribution in [-0.4, -0.2) is 18.4 Å². The number of hydrogen-bond donors (Lipinski definition) is 1. The van der Waals surface area contributed by atoms with E-state index in [0.29, 0.717) is 29.3 Å². The molecule has 2 heterocycles. The molecule has 146 valence electrons. The molecule has 0 bridgehead atoms. The summed E-state index contributed by atoms with van der Waals surface area (Å²) in [5.41, 5.74) is 1.75. The van der Waals surface area contributed by atoms with Crippen molar-refractivity contribution < 1.29 is 14.3 Å². The molecule has 1 aromatic heterocycles. The second-order valence-electron chi connectivity index (χ2n) is 6.21. The maximum atomic E-state index is 13.3. The first-order valence-electron chi connectivity index (χ1n) is 9.01. The Hall–Kier alpha value is -2.90. The van der Waals surface area contributed by atoms with Gasteiger partial charge in [-0.25, -0.2) is 4.90 Å². The Morgan fingerprint density at radius 3 is 2.59 bits per heavy atom. The molecule has 29 heavy (non-hydrogen) atoms. The Morgan fingerprint density at radius 1 is 1.03 bits per heavy atom. The van der Waals surface area contributed by atoms with Crippen molar-refractivity contribution in [3.05, 3.63) is 81.1 Å². The number of carbonyl (C=O) groups is 2. The fourth-order valence-electron chi connectivity index (χ4n) is 3.13. The van der Waals surface area contributed by atoms with Crippen molar-refractivity contribution in [2.45, 2.75) is 6.92 Å². The van der Waals surface area contributed by atoms with Crippen molar-refractivity contribution in [2.75, 3.05) is 16.8 Å². The number of halogens is 1. The van der Waals surface area contributed by atoms with Crippen LogP contribution in [-0.2, 0) is 9.59 Å². The van der Waals surface area contributed by atoms with E-state index < -0.39 is 5.91 Å². The zero-order valence-electron chi connectivity index (χ0n) is 15.5. The van der Waals surface area contributed by atoms with Crippen molar-refractivity contribution in [1.29, 1.82) is 0 Å². The van der Waals surface area contributed by atoms with E-state index in [1.54, 1.807) is 18.2 Å². The number of para-hydroxylation sites is 2. The van der Waals surface area contributed by atoms with Crippen LogP contribution < -0.4 is 15.0 Å². The lowest BCUT2D eigenvalue weighted by Crippen LogP contribution is -2.32. The number of thiophene rings is 1. The Kier molecular flexibility index (Phi) is 5.51. The molecule has 5 nitrogen and oxygen atoms in total. The zero-order valence-corrected chi connectivity index (χ0v) is 17.9. The van der Waals surface area contributed by atoms with Crippen molar-refractivity contribution >= 4 is 56.0 Å². The lowest BCUT2D eigenvalue weighted by atomic mass is 10.1. The maximum absolute atomic E-state index is 13.3. The largest absolute Gasteiger partial charge is 0.492 e. The minimum Gasteiger partial charge on any atom is -0.492 e. The van der Waals surface area contributed by atoms with Gasteiger partial charge < -0.3 is 10.1 Å². The van der Waals surface area contributed by atoms with Crippen LogP contribution in [0.5, 0.6) is 5.75 Å². The second kappa shape index (κ2) is 8.23. The predicted molar refractivity (Wildman–Crippen MR) is 119 cm³/mol. The number of nitrogens with zero attached hydrogens (tertiary/aromatic N) is 1. The number of amides is 2. The summed E-state index contributed by atoms with van der Waals surface area (Å²) in [5.74, 6) is -0.135. The number of anilines is 2. The van der Waals surface area contributed by atoms with Crippen molar-refractivity contribution in [3.8, 4) is 5.75 Å². The summed E-state index contributed by atoms with van der Waals surface area (Å²) in [6.07, 6.45) is 0. The van der Waals surface area contributed by atoms with Gasteiger partial charge in [0, 0.05) is 9.35 Å². The number of nitrogens with one attached hydrogen (secondary N) is 1. The molecule has 2 amide bonds. The van der Waals surface area contributed by atoms with Crippen molar-refractivity contribution in [2.24, 2.45) is 0 Å². The van der Waals surface area contributed by atoms with Gasteiger partial charge in [0.1, 0.15) is 11.4 Å². The molecular formula is C22H17BrN2O3S. The minimum absolute atomic E-state index is 0.240. The molecule has 0 atom stereocenters. The van der Waals surface area contributed by atoms with E-state index in [2.05, 4.69) is 21.2 Å². The van der Waals surface area contributed by atoms with Crippen LogP contribution in [0.15, 0.2) is 76.2 Å². The van der Waals surface area contributed by atoms with E-state index in [4.69, 9.17) is 4.74 Å². The highest BCUT2D eigenvalue weighted by molar-refractivity contribution is 9.10. The van der Waals surface area contributed by atoms with E-state index in [1.807, 2.05) is 54.8 Å². The van der Waals surface area contributed by atoms with Gasteiger partial charge in [-0.1, -0.05) is 40.2 Å². The molecule has 0 radical (unpaired) electrons. The summed E-state index contributed by atoms with van der Waals surface area (Å²) in [4.78, 5) is 28.6. The van der Waals surface area contributed by atoms with Crippen LogP contribution in [0.4, 0.5) is 11.4 Å². The smallest absolute Gasteiger partial charge is 0.282 e. The van der Waals surface area contributed by atoms with Gasteiger partial charge in [-0.3, -0.25) is 9.59 Å². The molecule has 0 aliphatic carbocycles. The lowest BCUT2D eigenvalue weighted by Gasteiger charge is -2.16. The maximum Gasteiger partial charge on any atom is 0.282 e. The van der Waals surface area contributed by atoms with Crippen LogP contribution in [0, 0.1) is 0 Å². The molecule has 2 aromatic carbocycles. The molecule has 1 N–H and O–H groups in total. The summed E-state index contributed by atoms with van der Waals surface area (Å²) >= 11 is 4.82. The molecular weight excluding hydrogens is 452 g/mol. The quantitative estimate of drug-likeness (QED) is 0.498. The molecule has 0 fully saturated rings. The minimum atomic E-state index is -0.400. The van der Waals surface area contributed by atoms with Gasteiger partial charge in [-0.2, -0.15) is 0 Å². The Bertz CT molecular complexity index is 1110. The molecule has 0 spiro atoms. The Balaban J connectivity index is 1.80. The summed E-state index contributed by atoms with van der Waals surface area (Å²) in [6, 6.07) is 18.2. The monoisotopic (exact) mass is 468 g/mol. The summed E-state index contributed by atoms with van der Waals surface area (Å²) in [7, 11) is 0. The highest BCUT2D eigenvalue weighted by Gasteiger charge is 2.41. The second-order valence-corrected chi connectivity index (χ2v) is 8.07. The van der Waals surface area contributed by atoms with E-state index in [9.17, 15) is 9.59 Å². The molecule has 1 aliphatic heterocycles. The van der Waals surface area contributed by atoms with Gasteiger partial charge in [0.05, 0.1) is 23.6 Å². The number of hydrogen-bond acceptors (Lipinski definition) is 5. The molecule has 1 aliphatic rings. The van der Waals surface area contributed by atoms with Gasteiger partial charge in [0.25, 0.3) is 11.8 Å². The zero-order chi connectivity index (χ0) is 20.4. The number of imide groups is 1.